The molecule has 1 atom stereocenters. The lowest BCUT2D eigenvalue weighted by Gasteiger charge is -2.44. The molecule has 0 fully saturated rings. The quantitative estimate of drug-likeness (QED) is 0.799. The van der Waals surface area contributed by atoms with Crippen molar-refractivity contribution in [3.63, 3.8) is 0 Å². The van der Waals surface area contributed by atoms with Crippen molar-refractivity contribution in [1.82, 2.24) is 0 Å². The average Bonchev–Trinajstić information content (AvgIpc) is 2.28. The molecule has 1 N–H and O–H groups in total. The highest BCUT2D eigenvalue weighted by atomic mass is 35.5. The molecule has 0 radical (unpaired) electrons. The first kappa shape index (κ1) is 12.7. The number of benzene rings is 1. The highest BCUT2D eigenvalue weighted by Crippen LogP contribution is 2.49. The Labute approximate surface area is 110 Å². The molecule has 0 bridgehead atoms. The van der Waals surface area contributed by atoms with E-state index in [1.807, 2.05) is 6.92 Å². The Morgan fingerprint density at radius 3 is 2.53 bits per heavy atom. The summed E-state index contributed by atoms with van der Waals surface area (Å²) in [6.45, 7) is 3.74. The van der Waals surface area contributed by atoms with Gasteiger partial charge in [0, 0.05) is 17.8 Å². The van der Waals surface area contributed by atoms with E-state index in [2.05, 4.69) is 0 Å². The zero-order valence-corrected chi connectivity index (χ0v) is 11.1. The van der Waals surface area contributed by atoms with Crippen LogP contribution >= 0.6 is 23.2 Å². The lowest BCUT2D eigenvalue weighted by Crippen LogP contribution is -2.58. The molecule has 2 rings (SSSR count). The van der Waals surface area contributed by atoms with Gasteiger partial charge in [0.2, 0.25) is 4.33 Å². The minimum atomic E-state index is -1.86. The molecule has 5 heteroatoms. The van der Waals surface area contributed by atoms with Crippen molar-refractivity contribution in [2.45, 2.75) is 23.8 Å². The predicted octanol–water partition coefficient (Wildman–Crippen LogP) is 2.43. The number of para-hydroxylation sites is 1. The normalized spacial score (nSPS) is 26.9. The van der Waals surface area contributed by atoms with Gasteiger partial charge in [0.05, 0.1) is 0 Å². The summed E-state index contributed by atoms with van der Waals surface area (Å²) >= 11 is 12.1. The van der Waals surface area contributed by atoms with Gasteiger partial charge in [-0.05, 0) is 19.9 Å². The van der Waals surface area contributed by atoms with Crippen LogP contribution in [0.1, 0.15) is 19.4 Å². The fraction of sp³-hybridized carbons (Fsp3) is 0.417. The molecule has 1 aliphatic heterocycles. The summed E-state index contributed by atoms with van der Waals surface area (Å²) in [6, 6.07) is 7.08. The van der Waals surface area contributed by atoms with Gasteiger partial charge in [-0.15, -0.1) is 0 Å². The third-order valence-electron chi connectivity index (χ3n) is 3.16. The predicted molar refractivity (Wildman–Crippen MR) is 68.5 cm³/mol. The Morgan fingerprint density at radius 2 is 1.94 bits per heavy atom. The third-order valence-corrected chi connectivity index (χ3v) is 4.22. The van der Waals surface area contributed by atoms with Crippen LogP contribution in [0.15, 0.2) is 24.3 Å². The molecular weight excluding hydrogens is 261 g/mol. The van der Waals surface area contributed by atoms with Crippen LogP contribution in [-0.4, -0.2) is 21.9 Å². The van der Waals surface area contributed by atoms with E-state index in [1.165, 1.54) is 11.8 Å². The Balaban J connectivity index is 2.72. The first-order valence-electron chi connectivity index (χ1n) is 5.35. The number of alkyl halides is 2. The Hall–Kier alpha value is -0.770. The highest BCUT2D eigenvalue weighted by molar-refractivity contribution is 6.60. The van der Waals surface area contributed by atoms with Crippen molar-refractivity contribution in [2.75, 3.05) is 11.4 Å². The number of halogens is 2. The van der Waals surface area contributed by atoms with Gasteiger partial charge in [0.25, 0.3) is 5.91 Å². The molecule has 0 spiro atoms. The van der Waals surface area contributed by atoms with Crippen molar-refractivity contribution in [3.05, 3.63) is 29.8 Å². The first-order valence-corrected chi connectivity index (χ1v) is 6.11. The molecule has 1 heterocycles. The van der Waals surface area contributed by atoms with Crippen LogP contribution in [0.25, 0.3) is 0 Å². The molecule has 92 valence electrons. The monoisotopic (exact) mass is 273 g/mol. The number of nitrogens with zero attached hydrogens (tertiary/aromatic N) is 1. The molecule has 3 nitrogen and oxygen atoms in total. The SMILES string of the molecule is CCN1C(=O)C(Cl)(Cl)C(C)(O)c2ccccc21. The minimum absolute atomic E-state index is 0.452. The molecule has 17 heavy (non-hydrogen) atoms. The van der Waals surface area contributed by atoms with Crippen molar-refractivity contribution in [2.24, 2.45) is 0 Å². The van der Waals surface area contributed by atoms with Gasteiger partial charge >= 0.3 is 0 Å². The summed E-state index contributed by atoms with van der Waals surface area (Å²) in [4.78, 5) is 13.6. The molecular formula is C12H13Cl2NO2. The van der Waals surface area contributed by atoms with Gasteiger partial charge in [0.15, 0.2) is 0 Å². The maximum atomic E-state index is 12.2. The molecule has 1 unspecified atom stereocenters. The van der Waals surface area contributed by atoms with Gasteiger partial charge in [-0.3, -0.25) is 4.79 Å². The summed E-state index contributed by atoms with van der Waals surface area (Å²) < 4.78 is -1.86. The zero-order valence-electron chi connectivity index (χ0n) is 9.58. The number of rotatable bonds is 1. The maximum Gasteiger partial charge on any atom is 0.266 e. The largest absolute Gasteiger partial charge is 0.382 e. The summed E-state index contributed by atoms with van der Waals surface area (Å²) in [6.07, 6.45) is 0. The van der Waals surface area contributed by atoms with E-state index in [0.29, 0.717) is 17.8 Å². The molecule has 0 saturated heterocycles. The summed E-state index contributed by atoms with van der Waals surface area (Å²) in [5.74, 6) is -0.493. The molecule has 1 aliphatic rings. The van der Waals surface area contributed by atoms with E-state index in [9.17, 15) is 9.90 Å². The number of hydrogen-bond acceptors (Lipinski definition) is 2. The van der Waals surface area contributed by atoms with Crippen LogP contribution in [0.4, 0.5) is 5.69 Å². The number of fused-ring (bicyclic) bond motifs is 1. The molecule has 0 aliphatic carbocycles. The van der Waals surface area contributed by atoms with Gasteiger partial charge < -0.3 is 10.0 Å². The van der Waals surface area contributed by atoms with Crippen LogP contribution in [-0.2, 0) is 10.4 Å². The zero-order chi connectivity index (χ0) is 12.8. The lowest BCUT2D eigenvalue weighted by molar-refractivity contribution is -0.125. The second-order valence-electron chi connectivity index (χ2n) is 4.21. The maximum absolute atomic E-state index is 12.2. The number of amides is 1. The number of anilines is 1. The molecule has 1 aromatic rings. The summed E-state index contributed by atoms with van der Waals surface area (Å²) in [5, 5.41) is 10.4. The number of carbonyl (C=O) groups excluding carboxylic acids is 1. The number of hydrogen-bond donors (Lipinski definition) is 1. The second kappa shape index (κ2) is 3.87. The van der Waals surface area contributed by atoms with E-state index in [0.717, 1.165) is 0 Å². The smallest absolute Gasteiger partial charge is 0.266 e. The van der Waals surface area contributed by atoms with Crippen LogP contribution in [0.2, 0.25) is 0 Å². The summed E-state index contributed by atoms with van der Waals surface area (Å²) in [5.41, 5.74) is -0.386. The Morgan fingerprint density at radius 1 is 1.35 bits per heavy atom. The standard InChI is InChI=1S/C12H13Cl2NO2/c1-3-15-9-7-5-4-6-8(9)11(2,17)12(13,14)10(15)16/h4-7,17H,3H2,1-2H3. The topological polar surface area (TPSA) is 40.5 Å². The van der Waals surface area contributed by atoms with E-state index in [1.54, 1.807) is 24.3 Å². The molecule has 1 amide bonds. The van der Waals surface area contributed by atoms with Gasteiger partial charge in [0.1, 0.15) is 5.60 Å². The lowest BCUT2D eigenvalue weighted by atomic mass is 9.85. The van der Waals surface area contributed by atoms with E-state index < -0.39 is 15.8 Å². The molecule has 0 saturated carbocycles. The van der Waals surface area contributed by atoms with Gasteiger partial charge in [-0.25, -0.2) is 0 Å². The Bertz CT molecular complexity index is 471. The summed E-state index contributed by atoms with van der Waals surface area (Å²) in [7, 11) is 0. The number of aliphatic hydroxyl groups is 1. The average molecular weight is 274 g/mol. The Kier molecular flexibility index (Phi) is 2.89. The fourth-order valence-corrected chi connectivity index (χ4v) is 2.50. The van der Waals surface area contributed by atoms with Crippen molar-refractivity contribution in [3.8, 4) is 0 Å². The van der Waals surface area contributed by atoms with E-state index in [-0.39, 0.29) is 0 Å². The van der Waals surface area contributed by atoms with Gasteiger partial charge in [-0.1, -0.05) is 41.4 Å². The highest BCUT2D eigenvalue weighted by Gasteiger charge is 2.57. The minimum Gasteiger partial charge on any atom is -0.382 e. The van der Waals surface area contributed by atoms with E-state index in [4.69, 9.17) is 23.2 Å². The molecule has 1 aromatic carbocycles. The third kappa shape index (κ3) is 1.57. The van der Waals surface area contributed by atoms with Crippen molar-refractivity contribution >= 4 is 34.8 Å². The second-order valence-corrected chi connectivity index (χ2v) is 5.54. The van der Waals surface area contributed by atoms with Crippen LogP contribution in [0.5, 0.6) is 0 Å². The van der Waals surface area contributed by atoms with Crippen molar-refractivity contribution in [1.29, 1.82) is 0 Å². The fourth-order valence-electron chi connectivity index (χ4n) is 2.09. The number of carbonyl (C=O) groups is 1. The van der Waals surface area contributed by atoms with Crippen LogP contribution < -0.4 is 4.90 Å². The van der Waals surface area contributed by atoms with Crippen LogP contribution in [0.3, 0.4) is 0 Å². The van der Waals surface area contributed by atoms with Gasteiger partial charge in [-0.2, -0.15) is 0 Å². The van der Waals surface area contributed by atoms with Crippen molar-refractivity contribution < 1.29 is 9.90 Å². The van der Waals surface area contributed by atoms with E-state index >= 15 is 0 Å². The molecule has 0 aromatic heterocycles. The first-order chi connectivity index (χ1) is 7.84. The van der Waals surface area contributed by atoms with Crippen LogP contribution in [0, 0.1) is 0 Å².